The van der Waals surface area contributed by atoms with Crippen molar-refractivity contribution in [3.05, 3.63) is 112 Å². The molecule has 1 aromatic heterocycles. The van der Waals surface area contributed by atoms with E-state index in [2.05, 4.69) is 36.9 Å². The van der Waals surface area contributed by atoms with Gasteiger partial charge >= 0.3 is 18.2 Å². The van der Waals surface area contributed by atoms with E-state index >= 15 is 0 Å². The smallest absolute Gasteiger partial charge is 0.414 e. The molecule has 10 amide bonds. The number of alkyl carbamates (subject to hydrolysis) is 1. The Balaban J connectivity index is 1.15. The predicted octanol–water partition coefficient (Wildman–Crippen LogP) is 9.39. The average Bonchev–Trinajstić information content (AvgIpc) is 1.80. The Morgan fingerprint density at radius 1 is 0.733 bits per heavy atom. The first-order chi connectivity index (χ1) is 47.8. The van der Waals surface area contributed by atoms with Crippen molar-refractivity contribution in [2.24, 2.45) is 35.3 Å². The van der Waals surface area contributed by atoms with Gasteiger partial charge in [0, 0.05) is 70.9 Å². The summed E-state index contributed by atoms with van der Waals surface area (Å²) in [6.07, 6.45) is 3.37. The molecule has 0 aliphatic carbocycles. The van der Waals surface area contributed by atoms with E-state index in [1.165, 1.54) is 16.2 Å². The molecule has 8 N–H and O–H groups in total. The highest BCUT2D eigenvalue weighted by Gasteiger charge is 2.44. The molecule has 1 aliphatic rings. The van der Waals surface area contributed by atoms with Crippen molar-refractivity contribution in [2.45, 2.75) is 208 Å². The number of nitrogens with two attached hydrogens (primary N) is 1. The Labute approximate surface area is 602 Å². The Bertz CT molecular complexity index is 3280. The molecule has 0 bridgehead atoms. The van der Waals surface area contributed by atoms with Gasteiger partial charge in [0.25, 0.3) is 0 Å². The van der Waals surface area contributed by atoms with Crippen LogP contribution in [0.25, 0.3) is 0 Å². The van der Waals surface area contributed by atoms with Gasteiger partial charge < -0.3 is 66.4 Å². The summed E-state index contributed by atoms with van der Waals surface area (Å²) in [7, 11) is 8.36. The van der Waals surface area contributed by atoms with Crippen molar-refractivity contribution < 1.29 is 62.1 Å². The number of urea groups is 1. The lowest BCUT2D eigenvalue weighted by Gasteiger charge is -2.41. The number of unbranched alkanes of at least 4 members (excludes halogenated alkanes) is 1. The first kappa shape index (κ1) is 83.5. The van der Waals surface area contributed by atoms with Crippen LogP contribution in [-0.4, -0.2) is 182 Å². The van der Waals surface area contributed by atoms with Gasteiger partial charge in [-0.25, -0.2) is 19.4 Å². The second-order valence-electron chi connectivity index (χ2n) is 28.5. The third-order valence-electron chi connectivity index (χ3n) is 18.6. The highest BCUT2D eigenvalue weighted by Crippen LogP contribution is 2.31. The van der Waals surface area contributed by atoms with Gasteiger partial charge in [-0.3, -0.25) is 38.6 Å². The quantitative estimate of drug-likeness (QED) is 0.0206. The number of carbonyl (C=O) groups excluding carboxylic acids is 9. The van der Waals surface area contributed by atoms with Crippen LogP contribution in [0, 0.1) is 29.6 Å². The predicted molar refractivity (Wildman–Crippen MR) is 392 cm³/mol. The molecule has 1 saturated heterocycles. The number of hydrogen-bond acceptors (Lipinski definition) is 16. The lowest BCUT2D eigenvalue weighted by Crippen LogP contribution is -2.60. The third kappa shape index (κ3) is 25.7. The fourth-order valence-corrected chi connectivity index (χ4v) is 13.5. The minimum atomic E-state index is -1.01. The minimum absolute atomic E-state index is 0.0206. The number of amides is 10. The molecule has 5 rings (SSSR count). The summed E-state index contributed by atoms with van der Waals surface area (Å²) in [5.74, 6) is -3.51. The van der Waals surface area contributed by atoms with Crippen LogP contribution >= 0.6 is 11.3 Å². The molecule has 0 radical (unpaired) electrons. The second-order valence-corrected chi connectivity index (χ2v) is 29.5. The molecule has 1 aliphatic heterocycles. The third-order valence-corrected chi connectivity index (χ3v) is 19.5. The first-order valence-corrected chi connectivity index (χ1v) is 36.3. The molecule has 3 aromatic carbocycles. The number of carbonyl (C=O) groups is 9. The summed E-state index contributed by atoms with van der Waals surface area (Å²) >= 11 is 1.49. The molecule has 4 aromatic rings. The normalized spacial score (nSPS) is 16.2. The molecule has 1 fully saturated rings. The minimum Gasteiger partial charge on any atom is -0.444 e. The number of methoxy groups -OCH3 is 2. The van der Waals surface area contributed by atoms with Crippen molar-refractivity contribution in [1.82, 2.24) is 46.3 Å². The van der Waals surface area contributed by atoms with Crippen LogP contribution in [0.4, 0.5) is 25.8 Å². The van der Waals surface area contributed by atoms with E-state index in [0.29, 0.717) is 68.6 Å². The van der Waals surface area contributed by atoms with Gasteiger partial charge in [-0.05, 0) is 137 Å². The van der Waals surface area contributed by atoms with E-state index in [-0.39, 0.29) is 85.4 Å². The Kier molecular flexibility index (Phi) is 33.4. The molecule has 0 saturated carbocycles. The lowest BCUT2D eigenvalue weighted by atomic mass is 9.89. The van der Waals surface area contributed by atoms with Gasteiger partial charge in [0.05, 0.1) is 48.7 Å². The number of ether oxygens (including phenoxy) is 4. The topological polar surface area (TPSA) is 315 Å². The van der Waals surface area contributed by atoms with Crippen molar-refractivity contribution >= 4 is 76.4 Å². The van der Waals surface area contributed by atoms with Crippen molar-refractivity contribution in [3.63, 3.8) is 0 Å². The van der Waals surface area contributed by atoms with Crippen LogP contribution in [0.5, 0.6) is 0 Å². The molecule has 25 nitrogen and oxygen atoms in total. The van der Waals surface area contributed by atoms with Crippen molar-refractivity contribution in [2.75, 3.05) is 65.2 Å². The van der Waals surface area contributed by atoms with Gasteiger partial charge in [0.2, 0.25) is 35.4 Å². The van der Waals surface area contributed by atoms with Crippen LogP contribution in [0.2, 0.25) is 0 Å². The summed E-state index contributed by atoms with van der Waals surface area (Å²) in [6, 6.07) is 18.7. The van der Waals surface area contributed by atoms with Gasteiger partial charge in [-0.2, -0.15) is 0 Å². The zero-order valence-electron chi connectivity index (χ0n) is 62.5. The lowest BCUT2D eigenvalue weighted by molar-refractivity contribution is -0.148. The standard InChI is InChI=1S/C75H114N12O13S/c1-18-49(8)64(59(97-16)44-60(88)87-40-24-28-58(87)65(98-17)50(9)66(89)81-57(70-77-39-42-101-70)43-52-25-20-19-21-26-52)86(15)71(93)62(47(4)5)82-69(92)63(48(6)7)84(13)41-37-51-31-35-55(36-32-51)85(14)74(96)99-45-53-29-33-54(34-30-53)79-67(90)56(27-22-23-38-78-72(76)94)80-68(91)61(46(2)3)83-73(95)100-75(10,11)12/h19-21,25-26,29-36,39,42,46-50,56-59,61-65H,18,22-24,27-28,37-38,40-41,43-45H2,1-17H3,(H,79,90)(H,80,91)(H,81,89)(H,82,92)(H,83,95)(H3,76,78,94)/t49-,50+,56-,57-,58-,59+,61-,62-,63-,64-,65+/m0/s1. The number of rotatable bonds is 38. The molecular formula is C75H114N12O13S. The highest BCUT2D eigenvalue weighted by molar-refractivity contribution is 7.09. The van der Waals surface area contributed by atoms with Crippen LogP contribution in [-0.2, 0) is 67.2 Å². The Morgan fingerprint density at radius 2 is 1.39 bits per heavy atom. The number of nitrogens with zero attached hydrogens (tertiary/aromatic N) is 5. The van der Waals surface area contributed by atoms with Gasteiger partial charge in [-0.15, -0.1) is 11.3 Å². The molecule has 101 heavy (non-hydrogen) atoms. The number of anilines is 2. The fraction of sp³-hybridized carbons (Fsp3) is 0.600. The maximum absolute atomic E-state index is 14.9. The Hall–Kier alpha value is -8.20. The van der Waals surface area contributed by atoms with Crippen LogP contribution in [0.1, 0.15) is 156 Å². The monoisotopic (exact) mass is 1420 g/mol. The Morgan fingerprint density at radius 3 is 1.96 bits per heavy atom. The molecule has 2 heterocycles. The van der Waals surface area contributed by atoms with E-state index in [0.717, 1.165) is 22.6 Å². The van der Waals surface area contributed by atoms with E-state index < -0.39 is 84.0 Å². The number of hydrogen-bond donors (Lipinski definition) is 7. The SMILES string of the molecule is CC[C@H](C)[C@@H]([C@@H](CC(=O)N1CCC[C@H]1[C@H](OC)[C@@H](C)C(=O)N[C@@H](Cc1ccccc1)c1nccs1)OC)N(C)C(=O)[C@@H](NC(=O)[C@H](C(C)C)N(C)CCc1ccc(N(C)C(=O)OCc2ccc(NC(=O)[C@H](CCCCNC(N)=O)NC(=O)[C@@H](NC(=O)OC(C)(C)C)C(C)C)cc2)cc1)C(C)C. The van der Waals surface area contributed by atoms with Gasteiger partial charge in [-0.1, -0.05) is 123 Å². The van der Waals surface area contributed by atoms with Crippen LogP contribution < -0.4 is 42.5 Å². The summed E-state index contributed by atoms with van der Waals surface area (Å²) in [6.45, 7) is 23.5. The summed E-state index contributed by atoms with van der Waals surface area (Å²) in [4.78, 5) is 134. The largest absolute Gasteiger partial charge is 0.444 e. The maximum atomic E-state index is 14.9. The molecule has 0 spiro atoms. The van der Waals surface area contributed by atoms with E-state index in [9.17, 15) is 43.2 Å². The van der Waals surface area contributed by atoms with Gasteiger partial charge in [0.1, 0.15) is 35.3 Å². The summed E-state index contributed by atoms with van der Waals surface area (Å²) < 4.78 is 23.3. The zero-order chi connectivity index (χ0) is 74.8. The van der Waals surface area contributed by atoms with Crippen molar-refractivity contribution in [3.8, 4) is 0 Å². The van der Waals surface area contributed by atoms with Gasteiger partial charge in [0.15, 0.2) is 0 Å². The fourth-order valence-electron chi connectivity index (χ4n) is 12.8. The highest BCUT2D eigenvalue weighted by atomic mass is 32.1. The number of aromatic nitrogens is 1. The molecular weight excluding hydrogens is 1310 g/mol. The second kappa shape index (κ2) is 40.4. The number of primary amides is 1. The molecule has 11 atom stereocenters. The van der Waals surface area contributed by atoms with Crippen molar-refractivity contribution in [1.29, 1.82) is 0 Å². The molecule has 26 heteroatoms. The van der Waals surface area contributed by atoms with Crippen LogP contribution in [0.15, 0.2) is 90.4 Å². The summed E-state index contributed by atoms with van der Waals surface area (Å²) in [5, 5.41) is 19.8. The molecule has 0 unspecified atom stereocenters. The number of likely N-dealkylation sites (tertiary alicyclic amines) is 1. The van der Waals surface area contributed by atoms with Crippen LogP contribution in [0.3, 0.4) is 0 Å². The number of likely N-dealkylation sites (N-methyl/N-ethyl adjacent to an activating group) is 2. The average molecular weight is 1420 g/mol. The first-order valence-electron chi connectivity index (χ1n) is 35.4. The number of nitrogens with one attached hydrogen (secondary N) is 6. The number of benzene rings is 3. The van der Waals surface area contributed by atoms with E-state index in [1.54, 1.807) is 98.3 Å². The zero-order valence-corrected chi connectivity index (χ0v) is 63.3. The number of thiazole rings is 1. The summed E-state index contributed by atoms with van der Waals surface area (Å²) in [5.41, 5.74) is 8.08. The van der Waals surface area contributed by atoms with E-state index in [1.807, 2.05) is 125 Å². The maximum Gasteiger partial charge on any atom is 0.414 e. The van der Waals surface area contributed by atoms with E-state index in [4.69, 9.17) is 24.7 Å². The molecule has 558 valence electrons.